The predicted octanol–water partition coefficient (Wildman–Crippen LogP) is 0.561. The van der Waals surface area contributed by atoms with Crippen LogP contribution in [0.5, 0.6) is 0 Å². The van der Waals surface area contributed by atoms with E-state index >= 15 is 0 Å². The van der Waals surface area contributed by atoms with Crippen LogP contribution < -0.4 is 0 Å². The smallest absolute Gasteiger partial charge is 0.0676 e. The first-order chi connectivity index (χ1) is 4.75. The summed E-state index contributed by atoms with van der Waals surface area (Å²) >= 11 is 0. The Morgan fingerprint density at radius 3 is 2.60 bits per heavy atom. The Morgan fingerprint density at radius 2 is 2.20 bits per heavy atom. The number of rotatable bonds is 2. The van der Waals surface area contributed by atoms with Gasteiger partial charge in [0, 0.05) is 18.7 Å². The lowest BCUT2D eigenvalue weighted by Gasteiger charge is -1.91. The zero-order valence-corrected chi connectivity index (χ0v) is 6.31. The van der Waals surface area contributed by atoms with E-state index in [0.717, 1.165) is 17.0 Å². The first kappa shape index (κ1) is 7.28. The second kappa shape index (κ2) is 2.84. The fourth-order valence-corrected chi connectivity index (χ4v) is 0.885. The van der Waals surface area contributed by atoms with Gasteiger partial charge in [0.1, 0.15) is 0 Å². The third-order valence-corrected chi connectivity index (χ3v) is 1.70. The Morgan fingerprint density at radius 1 is 1.50 bits per heavy atom. The summed E-state index contributed by atoms with van der Waals surface area (Å²) in [5, 5.41) is 15.5. The molecule has 3 heteroatoms. The van der Waals surface area contributed by atoms with Crippen LogP contribution in [-0.4, -0.2) is 21.9 Å². The van der Waals surface area contributed by atoms with E-state index in [0.29, 0.717) is 6.42 Å². The zero-order chi connectivity index (χ0) is 7.56. The summed E-state index contributed by atoms with van der Waals surface area (Å²) in [6, 6.07) is 0. The molecule has 0 aliphatic rings. The number of aryl methyl sites for hydroxylation is 1. The van der Waals surface area contributed by atoms with Gasteiger partial charge < -0.3 is 5.11 Å². The van der Waals surface area contributed by atoms with Crippen LogP contribution in [0.3, 0.4) is 0 Å². The maximum absolute atomic E-state index is 8.60. The molecule has 0 radical (unpaired) electrons. The van der Waals surface area contributed by atoms with Crippen LogP contribution in [0.25, 0.3) is 0 Å². The number of nitrogens with one attached hydrogen (secondary N) is 1. The lowest BCUT2D eigenvalue weighted by molar-refractivity contribution is 0.298. The molecule has 1 aromatic rings. The molecule has 0 unspecified atom stereocenters. The molecule has 10 heavy (non-hydrogen) atoms. The first-order valence-corrected chi connectivity index (χ1v) is 3.37. The summed E-state index contributed by atoms with van der Waals surface area (Å²) < 4.78 is 0. The summed E-state index contributed by atoms with van der Waals surface area (Å²) in [4.78, 5) is 0. The Balaban J connectivity index is 2.83. The van der Waals surface area contributed by atoms with E-state index in [1.807, 2.05) is 13.8 Å². The molecule has 0 saturated heterocycles. The number of nitrogens with zero attached hydrogens (tertiary/aromatic N) is 1. The number of aromatic nitrogens is 2. The average Bonchev–Trinajstić information content (AvgIpc) is 2.20. The number of aromatic amines is 1. The van der Waals surface area contributed by atoms with Gasteiger partial charge in [-0.15, -0.1) is 0 Å². The van der Waals surface area contributed by atoms with Gasteiger partial charge in [0.15, 0.2) is 0 Å². The van der Waals surface area contributed by atoms with Crippen molar-refractivity contribution in [2.24, 2.45) is 0 Å². The molecule has 0 bridgehead atoms. The van der Waals surface area contributed by atoms with E-state index in [1.54, 1.807) is 0 Å². The molecule has 1 rings (SSSR count). The molecule has 0 saturated carbocycles. The molecule has 0 spiro atoms. The van der Waals surface area contributed by atoms with Crippen LogP contribution in [0.15, 0.2) is 0 Å². The summed E-state index contributed by atoms with van der Waals surface area (Å²) in [7, 11) is 0. The molecule has 0 fully saturated rings. The Labute approximate surface area is 60.1 Å². The summed E-state index contributed by atoms with van der Waals surface area (Å²) in [6.45, 7) is 4.15. The molecule has 0 aliphatic heterocycles. The van der Waals surface area contributed by atoms with Gasteiger partial charge in [-0.05, 0) is 19.4 Å². The van der Waals surface area contributed by atoms with Crippen molar-refractivity contribution in [1.29, 1.82) is 0 Å². The zero-order valence-electron chi connectivity index (χ0n) is 6.31. The molecule has 3 nitrogen and oxygen atoms in total. The lowest BCUT2D eigenvalue weighted by atomic mass is 10.2. The average molecular weight is 140 g/mol. The third-order valence-electron chi connectivity index (χ3n) is 1.70. The Kier molecular flexibility index (Phi) is 2.06. The van der Waals surface area contributed by atoms with Crippen LogP contribution in [0.1, 0.15) is 17.0 Å². The largest absolute Gasteiger partial charge is 0.396 e. The van der Waals surface area contributed by atoms with Gasteiger partial charge in [-0.25, -0.2) is 0 Å². The van der Waals surface area contributed by atoms with Crippen molar-refractivity contribution in [3.63, 3.8) is 0 Å². The van der Waals surface area contributed by atoms with Crippen molar-refractivity contribution in [1.82, 2.24) is 10.2 Å². The molecule has 0 atom stereocenters. The first-order valence-electron chi connectivity index (χ1n) is 3.37. The molecular formula is C7H12N2O. The van der Waals surface area contributed by atoms with Crippen LogP contribution in [-0.2, 0) is 6.42 Å². The van der Waals surface area contributed by atoms with Crippen molar-refractivity contribution in [2.75, 3.05) is 6.61 Å². The minimum atomic E-state index is 0.172. The molecule has 1 aromatic heterocycles. The van der Waals surface area contributed by atoms with Crippen LogP contribution in [0.2, 0.25) is 0 Å². The monoisotopic (exact) mass is 140 g/mol. The second-order valence-corrected chi connectivity index (χ2v) is 2.39. The van der Waals surface area contributed by atoms with Crippen molar-refractivity contribution < 1.29 is 5.11 Å². The molecular weight excluding hydrogens is 128 g/mol. The fraction of sp³-hybridized carbons (Fsp3) is 0.571. The van der Waals surface area contributed by atoms with Gasteiger partial charge >= 0.3 is 0 Å². The maximum Gasteiger partial charge on any atom is 0.0676 e. The van der Waals surface area contributed by atoms with Gasteiger partial charge in [-0.1, -0.05) is 0 Å². The normalized spacial score (nSPS) is 10.3. The quantitative estimate of drug-likeness (QED) is 0.630. The summed E-state index contributed by atoms with van der Waals surface area (Å²) in [5.41, 5.74) is 3.22. The third kappa shape index (κ3) is 1.19. The highest BCUT2D eigenvalue weighted by Crippen LogP contribution is 2.07. The fourth-order valence-electron chi connectivity index (χ4n) is 0.885. The SMILES string of the molecule is Cc1[nH]nc(CCO)c1C. The highest BCUT2D eigenvalue weighted by molar-refractivity contribution is 5.22. The Hall–Kier alpha value is -0.830. The lowest BCUT2D eigenvalue weighted by Crippen LogP contribution is -1.92. The number of aliphatic hydroxyl groups excluding tert-OH is 1. The van der Waals surface area contributed by atoms with Gasteiger partial charge in [-0.2, -0.15) is 5.10 Å². The molecule has 2 N–H and O–H groups in total. The van der Waals surface area contributed by atoms with Gasteiger partial charge in [0.2, 0.25) is 0 Å². The summed E-state index contributed by atoms with van der Waals surface area (Å²) in [6.07, 6.45) is 0.649. The number of aliphatic hydroxyl groups is 1. The number of hydrogen-bond acceptors (Lipinski definition) is 2. The van der Waals surface area contributed by atoms with E-state index < -0.39 is 0 Å². The topological polar surface area (TPSA) is 48.9 Å². The van der Waals surface area contributed by atoms with Crippen molar-refractivity contribution in [3.05, 3.63) is 17.0 Å². The molecule has 0 amide bonds. The van der Waals surface area contributed by atoms with Crippen molar-refractivity contribution in [2.45, 2.75) is 20.3 Å². The maximum atomic E-state index is 8.60. The second-order valence-electron chi connectivity index (χ2n) is 2.39. The van der Waals surface area contributed by atoms with Gasteiger partial charge in [0.05, 0.1) is 5.69 Å². The minimum Gasteiger partial charge on any atom is -0.396 e. The van der Waals surface area contributed by atoms with E-state index in [4.69, 9.17) is 5.11 Å². The minimum absolute atomic E-state index is 0.172. The highest BCUT2D eigenvalue weighted by Gasteiger charge is 2.02. The number of H-pyrrole nitrogens is 1. The van der Waals surface area contributed by atoms with E-state index in [2.05, 4.69) is 10.2 Å². The van der Waals surface area contributed by atoms with Crippen molar-refractivity contribution in [3.8, 4) is 0 Å². The van der Waals surface area contributed by atoms with Gasteiger partial charge in [0.25, 0.3) is 0 Å². The van der Waals surface area contributed by atoms with Crippen LogP contribution >= 0.6 is 0 Å². The van der Waals surface area contributed by atoms with Crippen LogP contribution in [0.4, 0.5) is 0 Å². The number of hydrogen-bond donors (Lipinski definition) is 2. The summed E-state index contributed by atoms with van der Waals surface area (Å²) in [5.74, 6) is 0. The van der Waals surface area contributed by atoms with Gasteiger partial charge in [-0.3, -0.25) is 5.10 Å². The van der Waals surface area contributed by atoms with E-state index in [9.17, 15) is 0 Å². The molecule has 1 heterocycles. The molecule has 0 aliphatic carbocycles. The highest BCUT2D eigenvalue weighted by atomic mass is 16.3. The van der Waals surface area contributed by atoms with E-state index in [1.165, 1.54) is 0 Å². The standard InChI is InChI=1S/C7H12N2O/c1-5-6(2)8-9-7(5)3-4-10/h10H,3-4H2,1-2H3,(H,8,9). The predicted molar refractivity (Wildman–Crippen MR) is 38.9 cm³/mol. The van der Waals surface area contributed by atoms with Crippen LogP contribution in [0, 0.1) is 13.8 Å². The molecule has 56 valence electrons. The van der Waals surface area contributed by atoms with E-state index in [-0.39, 0.29) is 6.61 Å². The molecule has 0 aromatic carbocycles. The van der Waals surface area contributed by atoms with Crippen molar-refractivity contribution >= 4 is 0 Å². The Bertz CT molecular complexity index is 217.